The van der Waals surface area contributed by atoms with E-state index < -0.39 is 5.91 Å². The molecule has 0 atom stereocenters. The highest BCUT2D eigenvalue weighted by atomic mass is 32.2. The second kappa shape index (κ2) is 11.7. The molecule has 0 aliphatic heterocycles. The summed E-state index contributed by atoms with van der Waals surface area (Å²) in [6.07, 6.45) is 1.50. The molecule has 0 fully saturated rings. The number of thioether (sulfide) groups is 1. The number of aliphatic hydroxyl groups is 1. The molecule has 0 spiro atoms. The molecule has 5 N–H and O–H groups in total. The van der Waals surface area contributed by atoms with Crippen LogP contribution in [0.4, 0.5) is 5.82 Å². The summed E-state index contributed by atoms with van der Waals surface area (Å²) in [5, 5.41) is 28.9. The Balaban J connectivity index is 1.81. The molecule has 2 aromatic carbocycles. The van der Waals surface area contributed by atoms with Gasteiger partial charge in [-0.2, -0.15) is 10.5 Å². The summed E-state index contributed by atoms with van der Waals surface area (Å²) in [7, 11) is 0. The molecule has 0 saturated carbocycles. The number of rotatable bonds is 10. The van der Waals surface area contributed by atoms with E-state index in [2.05, 4.69) is 17.1 Å². The third kappa shape index (κ3) is 5.84. The minimum atomic E-state index is -0.465. The molecule has 3 aromatic rings. The molecule has 0 bridgehead atoms. The smallest absolute Gasteiger partial charge is 0.248 e. The van der Waals surface area contributed by atoms with Crippen LogP contribution in [-0.2, 0) is 6.42 Å². The highest BCUT2D eigenvalue weighted by Gasteiger charge is 2.20. The van der Waals surface area contributed by atoms with Crippen LogP contribution in [0.15, 0.2) is 53.6 Å². The third-order valence-electron chi connectivity index (χ3n) is 4.98. The molecule has 0 aliphatic carbocycles. The number of nitrogens with zero attached hydrogens (tertiary/aromatic N) is 3. The van der Waals surface area contributed by atoms with Gasteiger partial charge in [0, 0.05) is 11.1 Å². The number of anilines is 1. The lowest BCUT2D eigenvalue weighted by atomic mass is 9.97. The number of aliphatic hydroxyl groups excluding tert-OH is 1. The van der Waals surface area contributed by atoms with Crippen LogP contribution in [0.3, 0.4) is 0 Å². The summed E-state index contributed by atoms with van der Waals surface area (Å²) in [4.78, 5) is 15.7. The predicted octanol–water partition coefficient (Wildman–Crippen LogP) is 3.27. The molecule has 1 heterocycles. The number of amides is 1. The number of pyridine rings is 1. The van der Waals surface area contributed by atoms with Crippen molar-refractivity contribution in [3.05, 3.63) is 70.8 Å². The molecule has 0 radical (unpaired) electrons. The van der Waals surface area contributed by atoms with Crippen LogP contribution in [0.1, 0.15) is 33.5 Å². The molecule has 34 heavy (non-hydrogen) atoms. The number of nitrogens with two attached hydrogens (primary N) is 2. The van der Waals surface area contributed by atoms with Gasteiger partial charge in [-0.1, -0.05) is 24.3 Å². The molecule has 0 aliphatic rings. The topological polar surface area (TPSA) is 159 Å². The molecule has 0 unspecified atom stereocenters. The van der Waals surface area contributed by atoms with E-state index in [1.165, 1.54) is 11.8 Å². The van der Waals surface area contributed by atoms with Gasteiger partial charge in [-0.25, -0.2) is 4.98 Å². The van der Waals surface area contributed by atoms with Gasteiger partial charge in [0.2, 0.25) is 5.91 Å². The lowest BCUT2D eigenvalue weighted by Gasteiger charge is -2.13. The number of nitriles is 2. The van der Waals surface area contributed by atoms with Crippen molar-refractivity contribution in [1.29, 1.82) is 10.5 Å². The van der Waals surface area contributed by atoms with Crippen molar-refractivity contribution in [1.82, 2.24) is 4.98 Å². The quantitative estimate of drug-likeness (QED) is 0.299. The SMILES string of the molecule is N#Cc1c(N)nc(SCCCc2cccc(C(N)=O)c2)c(C#N)c1-c1ccc(OCCO)cc1. The lowest BCUT2D eigenvalue weighted by molar-refractivity contribution is 0.1000. The summed E-state index contributed by atoms with van der Waals surface area (Å²) in [5.74, 6) is 0.814. The van der Waals surface area contributed by atoms with Gasteiger partial charge in [-0.15, -0.1) is 11.8 Å². The van der Waals surface area contributed by atoms with Gasteiger partial charge >= 0.3 is 0 Å². The minimum absolute atomic E-state index is 0.0637. The number of nitrogen functional groups attached to an aromatic ring is 1. The molecular formula is C25H23N5O3S. The molecule has 3 rings (SSSR count). The van der Waals surface area contributed by atoms with Crippen molar-refractivity contribution in [3.8, 4) is 29.0 Å². The Morgan fingerprint density at radius 3 is 2.50 bits per heavy atom. The van der Waals surface area contributed by atoms with Gasteiger partial charge in [0.1, 0.15) is 40.9 Å². The Hall–Kier alpha value is -4.05. The van der Waals surface area contributed by atoms with E-state index in [0.717, 1.165) is 18.4 Å². The lowest BCUT2D eigenvalue weighted by Crippen LogP contribution is -2.11. The van der Waals surface area contributed by atoms with Crippen molar-refractivity contribution in [2.24, 2.45) is 5.73 Å². The first-order valence-electron chi connectivity index (χ1n) is 10.5. The van der Waals surface area contributed by atoms with Crippen LogP contribution in [0.25, 0.3) is 11.1 Å². The van der Waals surface area contributed by atoms with Gasteiger partial charge in [0.25, 0.3) is 0 Å². The highest BCUT2D eigenvalue weighted by molar-refractivity contribution is 7.99. The van der Waals surface area contributed by atoms with E-state index in [1.54, 1.807) is 42.5 Å². The number of aromatic nitrogens is 1. The molecule has 8 nitrogen and oxygen atoms in total. The number of carbonyl (C=O) groups excluding carboxylic acids is 1. The van der Waals surface area contributed by atoms with Crippen molar-refractivity contribution in [2.45, 2.75) is 17.9 Å². The Morgan fingerprint density at radius 1 is 1.12 bits per heavy atom. The van der Waals surface area contributed by atoms with Crippen LogP contribution in [-0.4, -0.2) is 35.0 Å². The zero-order valence-electron chi connectivity index (χ0n) is 18.3. The fraction of sp³-hybridized carbons (Fsp3) is 0.200. The van der Waals surface area contributed by atoms with Gasteiger partial charge < -0.3 is 21.3 Å². The van der Waals surface area contributed by atoms with Crippen LogP contribution < -0.4 is 16.2 Å². The highest BCUT2D eigenvalue weighted by Crippen LogP contribution is 2.36. The van der Waals surface area contributed by atoms with E-state index in [1.807, 2.05) is 6.07 Å². The number of aryl methyl sites for hydroxylation is 1. The second-order valence-corrected chi connectivity index (χ2v) is 8.35. The van der Waals surface area contributed by atoms with E-state index >= 15 is 0 Å². The van der Waals surface area contributed by atoms with Crippen molar-refractivity contribution < 1.29 is 14.6 Å². The predicted molar refractivity (Wildman–Crippen MR) is 130 cm³/mol. The first-order chi connectivity index (χ1) is 16.5. The van der Waals surface area contributed by atoms with Gasteiger partial charge in [0.15, 0.2) is 0 Å². The molecule has 9 heteroatoms. The Morgan fingerprint density at radius 2 is 1.85 bits per heavy atom. The molecular weight excluding hydrogens is 450 g/mol. The molecule has 172 valence electrons. The molecule has 0 saturated heterocycles. The van der Waals surface area contributed by atoms with E-state index in [-0.39, 0.29) is 30.2 Å². The Bertz CT molecular complexity index is 1260. The number of ether oxygens (including phenoxy) is 1. The summed E-state index contributed by atoms with van der Waals surface area (Å²) in [6, 6.07) is 18.3. The zero-order valence-corrected chi connectivity index (χ0v) is 19.1. The Labute approximate surface area is 201 Å². The van der Waals surface area contributed by atoms with Crippen LogP contribution in [0, 0.1) is 22.7 Å². The van der Waals surface area contributed by atoms with Crippen molar-refractivity contribution in [2.75, 3.05) is 24.7 Å². The van der Waals surface area contributed by atoms with Crippen LogP contribution in [0.5, 0.6) is 5.75 Å². The van der Waals surface area contributed by atoms with Crippen molar-refractivity contribution in [3.63, 3.8) is 0 Å². The number of hydrogen-bond donors (Lipinski definition) is 3. The Kier molecular flexibility index (Phi) is 8.47. The average molecular weight is 474 g/mol. The van der Waals surface area contributed by atoms with Gasteiger partial charge in [-0.3, -0.25) is 4.79 Å². The number of benzene rings is 2. The van der Waals surface area contributed by atoms with E-state index in [4.69, 9.17) is 21.3 Å². The number of hydrogen-bond acceptors (Lipinski definition) is 8. The maximum absolute atomic E-state index is 11.4. The van der Waals surface area contributed by atoms with Crippen LogP contribution in [0.2, 0.25) is 0 Å². The zero-order chi connectivity index (χ0) is 24.5. The summed E-state index contributed by atoms with van der Waals surface area (Å²) in [6.45, 7) is 0.0685. The van der Waals surface area contributed by atoms with E-state index in [0.29, 0.717) is 33.2 Å². The monoisotopic (exact) mass is 473 g/mol. The standard InChI is InChI=1S/C25H23N5O3S/c26-14-20-22(17-6-8-19(9-7-17)33-11-10-31)21(15-27)25(30-23(20)28)34-12-2-4-16-3-1-5-18(13-16)24(29)32/h1,3,5-9,13,31H,2,4,10-12H2,(H2,28,30)(H2,29,32). The maximum Gasteiger partial charge on any atom is 0.248 e. The van der Waals surface area contributed by atoms with E-state index in [9.17, 15) is 15.3 Å². The second-order valence-electron chi connectivity index (χ2n) is 7.26. The molecule has 1 aromatic heterocycles. The van der Waals surface area contributed by atoms with Crippen molar-refractivity contribution >= 4 is 23.5 Å². The first-order valence-corrected chi connectivity index (χ1v) is 11.5. The largest absolute Gasteiger partial charge is 0.491 e. The number of carbonyl (C=O) groups is 1. The first kappa shape index (κ1) is 24.6. The molecule has 1 amide bonds. The summed E-state index contributed by atoms with van der Waals surface area (Å²) < 4.78 is 5.38. The third-order valence-corrected chi connectivity index (χ3v) is 6.04. The fourth-order valence-corrected chi connectivity index (χ4v) is 4.33. The van der Waals surface area contributed by atoms with Gasteiger partial charge in [-0.05, 0) is 54.0 Å². The summed E-state index contributed by atoms with van der Waals surface area (Å²) >= 11 is 1.39. The minimum Gasteiger partial charge on any atom is -0.491 e. The number of primary amides is 1. The average Bonchev–Trinajstić information content (AvgIpc) is 2.85. The normalized spacial score (nSPS) is 10.3. The summed E-state index contributed by atoms with van der Waals surface area (Å²) in [5.41, 5.74) is 14.4. The van der Waals surface area contributed by atoms with Gasteiger partial charge in [0.05, 0.1) is 12.2 Å². The van der Waals surface area contributed by atoms with Crippen LogP contribution >= 0.6 is 11.8 Å². The fourth-order valence-electron chi connectivity index (χ4n) is 3.40. The maximum atomic E-state index is 11.4.